The summed E-state index contributed by atoms with van der Waals surface area (Å²) in [4.78, 5) is 0. The van der Waals surface area contributed by atoms with Gasteiger partial charge in [0, 0.05) is 0 Å². The molecule has 1 heteroatoms. The van der Waals surface area contributed by atoms with E-state index in [0.29, 0.717) is 11.8 Å². The van der Waals surface area contributed by atoms with Gasteiger partial charge < -0.3 is 5.11 Å². The fourth-order valence-corrected chi connectivity index (χ4v) is 3.41. The van der Waals surface area contributed by atoms with Crippen LogP contribution in [0.5, 0.6) is 0 Å². The first-order valence-electron chi connectivity index (χ1n) is 10.0. The second-order valence-electron chi connectivity index (χ2n) is 7.52. The zero-order chi connectivity index (χ0) is 16.8. The van der Waals surface area contributed by atoms with Gasteiger partial charge in [-0.25, -0.2) is 0 Å². The Morgan fingerprint density at radius 1 is 0.818 bits per heavy atom. The van der Waals surface area contributed by atoms with Gasteiger partial charge in [-0.15, -0.1) is 0 Å². The van der Waals surface area contributed by atoms with Crippen LogP contribution in [0.3, 0.4) is 0 Å². The molecule has 0 saturated carbocycles. The van der Waals surface area contributed by atoms with E-state index in [0.717, 1.165) is 6.42 Å². The Hall–Kier alpha value is -0.0400. The third-order valence-electron chi connectivity index (χ3n) is 5.57. The molecule has 3 atom stereocenters. The quantitative estimate of drug-likeness (QED) is 0.325. The fraction of sp³-hybridized carbons (Fsp3) is 0.952. The molecule has 0 aliphatic carbocycles. The maximum absolute atomic E-state index is 11.0. The van der Waals surface area contributed by atoms with Gasteiger partial charge in [0.05, 0.1) is 5.60 Å². The summed E-state index contributed by atoms with van der Waals surface area (Å²) in [6.45, 7) is 12.8. The predicted octanol–water partition coefficient (Wildman–Crippen LogP) is 6.93. The van der Waals surface area contributed by atoms with Crippen molar-refractivity contribution in [2.24, 2.45) is 11.8 Å². The molecule has 0 aromatic rings. The summed E-state index contributed by atoms with van der Waals surface area (Å²) in [5.74, 6) is 0.746. The molecule has 0 heterocycles. The SMILES string of the molecule is [CH2]CC(C)C(C)(O)C(CCCCCC)CCCCCCCC. The highest BCUT2D eigenvalue weighted by atomic mass is 16.3. The maximum Gasteiger partial charge on any atom is 0.0673 e. The highest BCUT2D eigenvalue weighted by Crippen LogP contribution is 2.35. The van der Waals surface area contributed by atoms with E-state index in [1.54, 1.807) is 0 Å². The van der Waals surface area contributed by atoms with Gasteiger partial charge in [0.15, 0.2) is 0 Å². The van der Waals surface area contributed by atoms with Crippen LogP contribution in [0, 0.1) is 18.8 Å². The van der Waals surface area contributed by atoms with Crippen LogP contribution >= 0.6 is 0 Å². The molecule has 0 aliphatic rings. The Labute approximate surface area is 141 Å². The second-order valence-corrected chi connectivity index (χ2v) is 7.52. The van der Waals surface area contributed by atoms with Crippen molar-refractivity contribution in [2.75, 3.05) is 0 Å². The Morgan fingerprint density at radius 2 is 1.23 bits per heavy atom. The molecular weight excluding hydrogens is 268 g/mol. The molecule has 1 N–H and O–H groups in total. The van der Waals surface area contributed by atoms with Crippen molar-refractivity contribution in [1.29, 1.82) is 0 Å². The van der Waals surface area contributed by atoms with Crippen molar-refractivity contribution < 1.29 is 5.11 Å². The summed E-state index contributed by atoms with van der Waals surface area (Å²) < 4.78 is 0. The molecular formula is C21H43O. The Morgan fingerprint density at radius 3 is 1.68 bits per heavy atom. The molecule has 0 fully saturated rings. The second kappa shape index (κ2) is 13.4. The maximum atomic E-state index is 11.0. The number of hydrogen-bond donors (Lipinski definition) is 1. The fourth-order valence-electron chi connectivity index (χ4n) is 3.41. The molecule has 1 nitrogen and oxygen atoms in total. The largest absolute Gasteiger partial charge is 0.390 e. The van der Waals surface area contributed by atoms with Crippen LogP contribution in [-0.4, -0.2) is 10.7 Å². The van der Waals surface area contributed by atoms with Gasteiger partial charge in [-0.1, -0.05) is 91.9 Å². The summed E-state index contributed by atoms with van der Waals surface area (Å²) in [7, 11) is 0. The first kappa shape index (κ1) is 22.0. The third-order valence-corrected chi connectivity index (χ3v) is 5.57. The first-order valence-corrected chi connectivity index (χ1v) is 10.0. The molecule has 0 saturated heterocycles. The topological polar surface area (TPSA) is 20.2 Å². The van der Waals surface area contributed by atoms with Crippen LogP contribution in [0.4, 0.5) is 0 Å². The van der Waals surface area contributed by atoms with Gasteiger partial charge in [0.1, 0.15) is 0 Å². The van der Waals surface area contributed by atoms with Gasteiger partial charge in [-0.2, -0.15) is 0 Å². The van der Waals surface area contributed by atoms with E-state index in [-0.39, 0.29) is 0 Å². The van der Waals surface area contributed by atoms with E-state index in [1.807, 2.05) is 0 Å². The molecule has 0 amide bonds. The standard InChI is InChI=1S/C21H43O/c1-6-9-11-13-14-16-18-20(17-15-12-10-7-2)21(5,22)19(4)8-3/h19-20,22H,3,6-18H2,1-2,4-5H3. The monoisotopic (exact) mass is 311 g/mol. The molecule has 133 valence electrons. The minimum absolute atomic E-state index is 0.295. The van der Waals surface area contributed by atoms with E-state index in [2.05, 4.69) is 34.6 Å². The van der Waals surface area contributed by atoms with Crippen LogP contribution in [-0.2, 0) is 0 Å². The van der Waals surface area contributed by atoms with Crippen LogP contribution < -0.4 is 0 Å². The summed E-state index contributed by atoms with van der Waals surface area (Å²) in [6.07, 6.45) is 16.5. The average Bonchev–Trinajstić information content (AvgIpc) is 2.51. The summed E-state index contributed by atoms with van der Waals surface area (Å²) in [6, 6.07) is 0. The van der Waals surface area contributed by atoms with Crippen molar-refractivity contribution in [3.05, 3.63) is 6.92 Å². The van der Waals surface area contributed by atoms with Crippen molar-refractivity contribution in [3.63, 3.8) is 0 Å². The van der Waals surface area contributed by atoms with Crippen LogP contribution in [0.2, 0.25) is 0 Å². The van der Waals surface area contributed by atoms with E-state index in [9.17, 15) is 5.11 Å². The van der Waals surface area contributed by atoms with Gasteiger partial charge >= 0.3 is 0 Å². The zero-order valence-corrected chi connectivity index (χ0v) is 16.0. The van der Waals surface area contributed by atoms with Crippen molar-refractivity contribution in [1.82, 2.24) is 0 Å². The van der Waals surface area contributed by atoms with Gasteiger partial charge in [0.25, 0.3) is 0 Å². The lowest BCUT2D eigenvalue weighted by atomic mass is 9.73. The molecule has 0 aromatic heterocycles. The van der Waals surface area contributed by atoms with Gasteiger partial charge in [-0.3, -0.25) is 0 Å². The lowest BCUT2D eigenvalue weighted by Gasteiger charge is -2.38. The summed E-state index contributed by atoms with van der Waals surface area (Å²) in [5, 5.41) is 11.0. The summed E-state index contributed by atoms with van der Waals surface area (Å²) >= 11 is 0. The van der Waals surface area contributed by atoms with E-state index < -0.39 is 5.60 Å². The lowest BCUT2D eigenvalue weighted by Crippen LogP contribution is -2.41. The smallest absolute Gasteiger partial charge is 0.0673 e. The minimum Gasteiger partial charge on any atom is -0.390 e. The molecule has 0 aromatic carbocycles. The average molecular weight is 312 g/mol. The molecule has 0 rings (SSSR count). The van der Waals surface area contributed by atoms with Crippen molar-refractivity contribution >= 4 is 0 Å². The number of unbranched alkanes of at least 4 members (excludes halogenated alkanes) is 8. The van der Waals surface area contributed by atoms with Crippen LogP contribution in [0.1, 0.15) is 111 Å². The Bertz CT molecular complexity index is 234. The molecule has 22 heavy (non-hydrogen) atoms. The predicted molar refractivity (Wildman–Crippen MR) is 100 cm³/mol. The molecule has 0 bridgehead atoms. The zero-order valence-electron chi connectivity index (χ0n) is 16.0. The van der Waals surface area contributed by atoms with E-state index in [1.165, 1.54) is 77.0 Å². The van der Waals surface area contributed by atoms with Crippen molar-refractivity contribution in [2.45, 2.75) is 117 Å². The minimum atomic E-state index is -0.544. The van der Waals surface area contributed by atoms with Crippen LogP contribution in [0.15, 0.2) is 0 Å². The van der Waals surface area contributed by atoms with E-state index >= 15 is 0 Å². The number of rotatable bonds is 15. The molecule has 1 radical (unpaired) electrons. The number of aliphatic hydroxyl groups is 1. The normalized spacial score (nSPS) is 17.2. The lowest BCUT2D eigenvalue weighted by molar-refractivity contribution is -0.0547. The Balaban J connectivity index is 4.27. The number of hydrogen-bond acceptors (Lipinski definition) is 1. The highest BCUT2D eigenvalue weighted by molar-refractivity contribution is 4.87. The molecule has 0 spiro atoms. The van der Waals surface area contributed by atoms with Gasteiger partial charge in [0.2, 0.25) is 0 Å². The van der Waals surface area contributed by atoms with Crippen LogP contribution in [0.25, 0.3) is 0 Å². The Kier molecular flexibility index (Phi) is 13.4. The molecule has 3 unspecified atom stereocenters. The summed E-state index contributed by atoms with van der Waals surface area (Å²) in [5.41, 5.74) is -0.544. The van der Waals surface area contributed by atoms with E-state index in [4.69, 9.17) is 0 Å². The van der Waals surface area contributed by atoms with Gasteiger partial charge in [-0.05, 0) is 38.0 Å². The molecule has 0 aliphatic heterocycles. The highest BCUT2D eigenvalue weighted by Gasteiger charge is 2.35. The van der Waals surface area contributed by atoms with Crippen molar-refractivity contribution in [3.8, 4) is 0 Å². The first-order chi connectivity index (χ1) is 10.5. The third kappa shape index (κ3) is 9.18.